The molecule has 0 saturated carbocycles. The summed E-state index contributed by atoms with van der Waals surface area (Å²) in [5.41, 5.74) is 4.70. The van der Waals surface area contributed by atoms with Crippen LogP contribution in [0, 0.1) is 11.8 Å². The predicted octanol–water partition coefficient (Wildman–Crippen LogP) is 6.62. The number of hydrogen-bond acceptors (Lipinski definition) is 4. The Kier molecular flexibility index (Phi) is 11.7. The highest BCUT2D eigenvalue weighted by molar-refractivity contribution is 5.84. The van der Waals surface area contributed by atoms with Gasteiger partial charge in [0.25, 0.3) is 0 Å². The molecule has 2 atom stereocenters. The predicted molar refractivity (Wildman–Crippen MR) is 172 cm³/mol. The fraction of sp³-hybridized carbons (Fsp3) is 0.270. The number of rotatable bonds is 14. The first-order valence-electron chi connectivity index (χ1n) is 15.0. The van der Waals surface area contributed by atoms with Gasteiger partial charge in [0.1, 0.15) is 12.6 Å². The SMILES string of the molecule is CC(C)CN(CC(Cc1ccccc1)C(=O)O)C(=O)N[C@@H](Cc1ccc(-c2ccccc2)cc1)C(=O)OCc1ccccc1. The molecule has 228 valence electrons. The zero-order valence-electron chi connectivity index (χ0n) is 25.3. The summed E-state index contributed by atoms with van der Waals surface area (Å²) in [5.74, 6) is -2.26. The maximum atomic E-state index is 13.7. The number of carboxylic acid groups (broad SMARTS) is 1. The molecular formula is C37H40N2O5. The Bertz CT molecular complexity index is 1480. The van der Waals surface area contributed by atoms with E-state index in [-0.39, 0.29) is 31.9 Å². The summed E-state index contributed by atoms with van der Waals surface area (Å²) < 4.78 is 5.65. The van der Waals surface area contributed by atoms with Gasteiger partial charge in [0.05, 0.1) is 5.92 Å². The van der Waals surface area contributed by atoms with Crippen LogP contribution in [-0.2, 0) is 33.8 Å². The van der Waals surface area contributed by atoms with Gasteiger partial charge in [-0.2, -0.15) is 0 Å². The normalized spacial score (nSPS) is 12.2. The Balaban J connectivity index is 1.52. The van der Waals surface area contributed by atoms with E-state index < -0.39 is 29.9 Å². The molecular weight excluding hydrogens is 552 g/mol. The van der Waals surface area contributed by atoms with Crippen LogP contribution < -0.4 is 5.32 Å². The van der Waals surface area contributed by atoms with Crippen molar-refractivity contribution in [1.82, 2.24) is 10.2 Å². The number of hydrogen-bond donors (Lipinski definition) is 2. The number of carbonyl (C=O) groups is 3. The maximum Gasteiger partial charge on any atom is 0.329 e. The Morgan fingerprint density at radius 2 is 1.20 bits per heavy atom. The minimum absolute atomic E-state index is 0.00575. The van der Waals surface area contributed by atoms with E-state index >= 15 is 0 Å². The lowest BCUT2D eigenvalue weighted by atomic mass is 9.98. The summed E-state index contributed by atoms with van der Waals surface area (Å²) in [6.07, 6.45) is 0.505. The second-order valence-corrected chi connectivity index (χ2v) is 11.4. The number of amides is 2. The lowest BCUT2D eigenvalue weighted by Gasteiger charge is -2.29. The van der Waals surface area contributed by atoms with E-state index in [9.17, 15) is 19.5 Å². The van der Waals surface area contributed by atoms with Crippen LogP contribution >= 0.6 is 0 Å². The summed E-state index contributed by atoms with van der Waals surface area (Å²) in [4.78, 5) is 40.9. The molecule has 0 heterocycles. The quantitative estimate of drug-likeness (QED) is 0.161. The molecule has 2 amide bonds. The Labute approximate surface area is 259 Å². The van der Waals surface area contributed by atoms with Gasteiger partial charge in [-0.25, -0.2) is 9.59 Å². The number of carboxylic acids is 1. The first kappa shape index (κ1) is 32.0. The molecule has 4 aromatic carbocycles. The number of esters is 1. The largest absolute Gasteiger partial charge is 0.481 e. The highest BCUT2D eigenvalue weighted by atomic mass is 16.5. The van der Waals surface area contributed by atoms with E-state index in [2.05, 4.69) is 5.32 Å². The van der Waals surface area contributed by atoms with Gasteiger partial charge in [0.15, 0.2) is 0 Å². The molecule has 4 rings (SSSR count). The molecule has 7 heteroatoms. The van der Waals surface area contributed by atoms with Crippen LogP contribution in [0.25, 0.3) is 11.1 Å². The van der Waals surface area contributed by atoms with Crippen LogP contribution in [0.15, 0.2) is 115 Å². The van der Waals surface area contributed by atoms with Gasteiger partial charge in [-0.05, 0) is 40.2 Å². The topological polar surface area (TPSA) is 95.9 Å². The van der Waals surface area contributed by atoms with E-state index in [1.807, 2.05) is 129 Å². The molecule has 0 aliphatic carbocycles. The fourth-order valence-corrected chi connectivity index (χ4v) is 5.04. The number of nitrogens with zero attached hydrogens (tertiary/aromatic N) is 1. The summed E-state index contributed by atoms with van der Waals surface area (Å²) in [6, 6.07) is 35.1. The second kappa shape index (κ2) is 16.1. The van der Waals surface area contributed by atoms with Crippen LogP contribution in [0.1, 0.15) is 30.5 Å². The summed E-state index contributed by atoms with van der Waals surface area (Å²) >= 11 is 0. The van der Waals surface area contributed by atoms with Crippen molar-refractivity contribution in [3.63, 3.8) is 0 Å². The average Bonchev–Trinajstić information content (AvgIpc) is 3.04. The van der Waals surface area contributed by atoms with Gasteiger partial charge in [-0.15, -0.1) is 0 Å². The number of benzene rings is 4. The fourth-order valence-electron chi connectivity index (χ4n) is 5.04. The third-order valence-electron chi connectivity index (χ3n) is 7.29. The Morgan fingerprint density at radius 3 is 1.77 bits per heavy atom. The first-order valence-corrected chi connectivity index (χ1v) is 15.0. The van der Waals surface area contributed by atoms with Gasteiger partial charge in [-0.3, -0.25) is 4.79 Å². The van der Waals surface area contributed by atoms with Crippen LogP contribution in [0.3, 0.4) is 0 Å². The maximum absolute atomic E-state index is 13.7. The summed E-state index contributed by atoms with van der Waals surface area (Å²) in [5, 5.41) is 12.9. The van der Waals surface area contributed by atoms with Crippen LogP contribution in [0.2, 0.25) is 0 Å². The molecule has 0 aromatic heterocycles. The van der Waals surface area contributed by atoms with Crippen LogP contribution in [-0.4, -0.2) is 47.1 Å². The lowest BCUT2D eigenvalue weighted by molar-refractivity contribution is -0.147. The molecule has 0 saturated heterocycles. The molecule has 44 heavy (non-hydrogen) atoms. The second-order valence-electron chi connectivity index (χ2n) is 11.4. The van der Waals surface area contributed by atoms with Gasteiger partial charge in [0.2, 0.25) is 0 Å². The lowest BCUT2D eigenvalue weighted by Crippen LogP contribution is -2.52. The van der Waals surface area contributed by atoms with Crippen molar-refractivity contribution >= 4 is 18.0 Å². The Morgan fingerprint density at radius 1 is 0.682 bits per heavy atom. The number of carbonyl (C=O) groups excluding carboxylic acids is 2. The molecule has 0 spiro atoms. The molecule has 0 bridgehead atoms. The van der Waals surface area contributed by atoms with E-state index in [4.69, 9.17) is 4.74 Å². The number of urea groups is 1. The van der Waals surface area contributed by atoms with E-state index in [1.54, 1.807) is 0 Å². The van der Waals surface area contributed by atoms with E-state index in [1.165, 1.54) is 4.90 Å². The molecule has 0 fully saturated rings. The highest BCUT2D eigenvalue weighted by Gasteiger charge is 2.29. The van der Waals surface area contributed by atoms with Crippen molar-refractivity contribution in [3.8, 4) is 11.1 Å². The summed E-state index contributed by atoms with van der Waals surface area (Å²) in [6.45, 7) is 4.35. The van der Waals surface area contributed by atoms with Crippen molar-refractivity contribution in [2.24, 2.45) is 11.8 Å². The average molecular weight is 593 g/mol. The zero-order chi connectivity index (χ0) is 31.3. The smallest absolute Gasteiger partial charge is 0.329 e. The van der Waals surface area contributed by atoms with Gasteiger partial charge in [-0.1, -0.05) is 129 Å². The third-order valence-corrected chi connectivity index (χ3v) is 7.29. The zero-order valence-corrected chi connectivity index (χ0v) is 25.3. The molecule has 0 radical (unpaired) electrons. The third kappa shape index (κ3) is 9.83. The van der Waals surface area contributed by atoms with Gasteiger partial charge < -0.3 is 20.1 Å². The van der Waals surface area contributed by atoms with Crippen molar-refractivity contribution in [2.75, 3.05) is 13.1 Å². The molecule has 4 aromatic rings. The molecule has 7 nitrogen and oxygen atoms in total. The molecule has 0 aliphatic rings. The Hall–Kier alpha value is -4.91. The molecule has 1 unspecified atom stereocenters. The summed E-state index contributed by atoms with van der Waals surface area (Å²) in [7, 11) is 0. The van der Waals surface area contributed by atoms with Gasteiger partial charge >= 0.3 is 18.0 Å². The molecule has 0 aliphatic heterocycles. The van der Waals surface area contributed by atoms with Crippen LogP contribution in [0.4, 0.5) is 4.79 Å². The number of nitrogens with one attached hydrogen (secondary N) is 1. The monoisotopic (exact) mass is 592 g/mol. The van der Waals surface area contributed by atoms with Crippen LogP contribution in [0.5, 0.6) is 0 Å². The highest BCUT2D eigenvalue weighted by Crippen LogP contribution is 2.20. The van der Waals surface area contributed by atoms with E-state index in [0.29, 0.717) is 6.54 Å². The minimum atomic E-state index is -0.979. The van der Waals surface area contributed by atoms with Crippen molar-refractivity contribution in [2.45, 2.75) is 39.3 Å². The molecule has 2 N–H and O–H groups in total. The minimum Gasteiger partial charge on any atom is -0.481 e. The van der Waals surface area contributed by atoms with Crippen molar-refractivity contribution < 1.29 is 24.2 Å². The number of aliphatic carboxylic acids is 1. The van der Waals surface area contributed by atoms with Crippen molar-refractivity contribution in [1.29, 1.82) is 0 Å². The van der Waals surface area contributed by atoms with E-state index in [0.717, 1.165) is 27.8 Å². The number of ether oxygens (including phenoxy) is 1. The van der Waals surface area contributed by atoms with Gasteiger partial charge in [0, 0.05) is 19.5 Å². The first-order chi connectivity index (χ1) is 21.3. The van der Waals surface area contributed by atoms with Crippen molar-refractivity contribution in [3.05, 3.63) is 132 Å². The standard InChI is InChI=1S/C37H40N2O5/c1-27(2)24-39(25-33(35(40)41)22-28-12-6-3-7-13-28)37(43)38-34(36(42)44-26-30-14-8-4-9-15-30)23-29-18-20-32(21-19-29)31-16-10-5-11-17-31/h3-21,27,33-34H,22-26H2,1-2H3,(H,38,43)(H,40,41)/t33?,34-/m0/s1.